The Balaban J connectivity index is 3.00. The van der Waals surface area contributed by atoms with Crippen molar-refractivity contribution in [2.24, 2.45) is 5.73 Å². The van der Waals surface area contributed by atoms with Gasteiger partial charge in [0.05, 0.1) is 6.04 Å². The summed E-state index contributed by atoms with van der Waals surface area (Å²) in [6.07, 6.45) is 0. The molecule has 1 aromatic carbocycles. The van der Waals surface area contributed by atoms with Gasteiger partial charge >= 0.3 is 0 Å². The molecule has 0 aliphatic carbocycles. The monoisotopic (exact) mass is 235 g/mol. The van der Waals surface area contributed by atoms with Gasteiger partial charge in [-0.3, -0.25) is 0 Å². The molecule has 0 aliphatic heterocycles. The first kappa shape index (κ1) is 9.61. The summed E-state index contributed by atoms with van der Waals surface area (Å²) in [6, 6.07) is 3.40. The fraction of sp³-hybridized carbons (Fsp3) is 0.250. The molecule has 4 heteroatoms. The van der Waals surface area contributed by atoms with Crippen molar-refractivity contribution in [2.45, 2.75) is 6.04 Å². The number of halogens is 3. The molecule has 1 atom stereocenters. The molecule has 0 aromatic heterocycles. The van der Waals surface area contributed by atoms with Crippen molar-refractivity contribution in [3.8, 4) is 0 Å². The van der Waals surface area contributed by atoms with Gasteiger partial charge in [-0.1, -0.05) is 15.9 Å². The van der Waals surface area contributed by atoms with Crippen LogP contribution < -0.4 is 5.73 Å². The maximum atomic E-state index is 12.7. The molecule has 0 fully saturated rings. The zero-order chi connectivity index (χ0) is 9.14. The van der Waals surface area contributed by atoms with E-state index in [0.29, 0.717) is 10.0 Å². The van der Waals surface area contributed by atoms with Crippen molar-refractivity contribution in [3.63, 3.8) is 0 Å². The highest BCUT2D eigenvalue weighted by Gasteiger charge is 2.07. The van der Waals surface area contributed by atoms with Crippen molar-refractivity contribution in [3.05, 3.63) is 34.1 Å². The lowest BCUT2D eigenvalue weighted by Crippen LogP contribution is -2.12. The van der Waals surface area contributed by atoms with Crippen LogP contribution in [-0.2, 0) is 0 Å². The lowest BCUT2D eigenvalue weighted by molar-refractivity contribution is 0.436. The predicted molar refractivity (Wildman–Crippen MR) is 47.0 cm³/mol. The van der Waals surface area contributed by atoms with E-state index in [-0.39, 0.29) is 0 Å². The first-order valence-corrected chi connectivity index (χ1v) is 4.20. The fourth-order valence-corrected chi connectivity index (χ4v) is 1.36. The summed E-state index contributed by atoms with van der Waals surface area (Å²) in [7, 11) is 0. The lowest BCUT2D eigenvalue weighted by Gasteiger charge is -2.07. The highest BCUT2D eigenvalue weighted by molar-refractivity contribution is 9.10. The summed E-state index contributed by atoms with van der Waals surface area (Å²) in [5, 5.41) is 0. The van der Waals surface area contributed by atoms with E-state index in [4.69, 9.17) is 5.73 Å². The third-order valence-electron chi connectivity index (χ3n) is 1.48. The Kier molecular flexibility index (Phi) is 3.17. The molecule has 1 aromatic rings. The van der Waals surface area contributed by atoms with Crippen molar-refractivity contribution in [2.75, 3.05) is 6.67 Å². The van der Waals surface area contributed by atoms with E-state index in [0.717, 1.165) is 0 Å². The van der Waals surface area contributed by atoms with Gasteiger partial charge in [0.15, 0.2) is 0 Å². The smallest absolute Gasteiger partial charge is 0.124 e. The summed E-state index contributed by atoms with van der Waals surface area (Å²) < 4.78 is 25.4. The molecule has 0 aliphatic rings. The van der Waals surface area contributed by atoms with E-state index in [1.807, 2.05) is 0 Å². The van der Waals surface area contributed by atoms with Crippen LogP contribution >= 0.6 is 15.9 Å². The molecule has 2 N–H and O–H groups in total. The molecule has 0 bridgehead atoms. The number of alkyl halides is 1. The topological polar surface area (TPSA) is 26.0 Å². The first-order chi connectivity index (χ1) is 5.63. The second kappa shape index (κ2) is 3.96. The SMILES string of the molecule is N[C@H](CF)c1cc(F)cc(Br)c1. The average Bonchev–Trinajstić information content (AvgIpc) is 2.01. The number of hydrogen-bond donors (Lipinski definition) is 1. The minimum absolute atomic E-state index is 0.414. The van der Waals surface area contributed by atoms with Gasteiger partial charge in [-0.2, -0.15) is 0 Å². The molecule has 12 heavy (non-hydrogen) atoms. The molecule has 1 rings (SSSR count). The zero-order valence-electron chi connectivity index (χ0n) is 6.23. The minimum atomic E-state index is -0.739. The Bertz CT molecular complexity index is 258. The summed E-state index contributed by atoms with van der Waals surface area (Å²) in [6.45, 7) is -0.685. The van der Waals surface area contributed by atoms with E-state index in [1.54, 1.807) is 6.07 Å². The van der Waals surface area contributed by atoms with E-state index in [1.165, 1.54) is 12.1 Å². The van der Waals surface area contributed by atoms with Crippen LogP contribution in [0, 0.1) is 5.82 Å². The first-order valence-electron chi connectivity index (χ1n) is 3.41. The highest BCUT2D eigenvalue weighted by Crippen LogP contribution is 2.19. The largest absolute Gasteiger partial charge is 0.322 e. The molecule has 0 amide bonds. The van der Waals surface area contributed by atoms with Gasteiger partial charge < -0.3 is 5.73 Å². The third kappa shape index (κ3) is 2.25. The average molecular weight is 236 g/mol. The molecular weight excluding hydrogens is 228 g/mol. The summed E-state index contributed by atoms with van der Waals surface area (Å²) in [5.74, 6) is -0.414. The van der Waals surface area contributed by atoms with Gasteiger partial charge in [-0.25, -0.2) is 8.78 Å². The molecule has 1 nitrogen and oxygen atoms in total. The van der Waals surface area contributed by atoms with Crippen LogP contribution in [0.3, 0.4) is 0 Å². The molecule has 0 saturated heterocycles. The van der Waals surface area contributed by atoms with Crippen LogP contribution in [0.5, 0.6) is 0 Å². The standard InChI is InChI=1S/C8H8BrF2N/c9-6-1-5(8(12)4-10)2-7(11)3-6/h1-3,8H,4,12H2/t8-/m1/s1. The summed E-state index contributed by atoms with van der Waals surface area (Å²) in [5.41, 5.74) is 5.83. The van der Waals surface area contributed by atoms with E-state index >= 15 is 0 Å². The number of benzene rings is 1. The second-order valence-corrected chi connectivity index (χ2v) is 3.38. The predicted octanol–water partition coefficient (Wildman–Crippen LogP) is 2.56. The van der Waals surface area contributed by atoms with Crippen LogP contribution in [0.4, 0.5) is 8.78 Å². The van der Waals surface area contributed by atoms with E-state index in [9.17, 15) is 8.78 Å². The summed E-state index contributed by atoms with van der Waals surface area (Å²) >= 11 is 3.09. The highest BCUT2D eigenvalue weighted by atomic mass is 79.9. The molecule has 0 heterocycles. The van der Waals surface area contributed by atoms with Gasteiger partial charge in [0, 0.05) is 4.47 Å². The normalized spacial score (nSPS) is 13.0. The van der Waals surface area contributed by atoms with Gasteiger partial charge in [0.25, 0.3) is 0 Å². The molecular formula is C8H8BrF2N. The van der Waals surface area contributed by atoms with Gasteiger partial charge in [0.2, 0.25) is 0 Å². The van der Waals surface area contributed by atoms with Gasteiger partial charge in [-0.05, 0) is 23.8 Å². The number of nitrogens with two attached hydrogens (primary N) is 1. The van der Waals surface area contributed by atoms with Crippen molar-refractivity contribution in [1.29, 1.82) is 0 Å². The molecule has 0 radical (unpaired) electrons. The Morgan fingerprint density at radius 1 is 1.42 bits per heavy atom. The summed E-state index contributed by atoms with van der Waals surface area (Å²) in [4.78, 5) is 0. The van der Waals surface area contributed by atoms with Crippen molar-refractivity contribution in [1.82, 2.24) is 0 Å². The maximum absolute atomic E-state index is 12.7. The number of rotatable bonds is 2. The molecule has 0 unspecified atom stereocenters. The number of hydrogen-bond acceptors (Lipinski definition) is 1. The molecule has 66 valence electrons. The quantitative estimate of drug-likeness (QED) is 0.838. The van der Waals surface area contributed by atoms with Gasteiger partial charge in [-0.15, -0.1) is 0 Å². The van der Waals surface area contributed by atoms with Crippen molar-refractivity contribution < 1.29 is 8.78 Å². The van der Waals surface area contributed by atoms with Crippen LogP contribution in [0.25, 0.3) is 0 Å². The van der Waals surface area contributed by atoms with Crippen LogP contribution in [-0.4, -0.2) is 6.67 Å². The van der Waals surface area contributed by atoms with Crippen LogP contribution in [0.15, 0.2) is 22.7 Å². The Labute approximate surface area is 77.7 Å². The van der Waals surface area contributed by atoms with E-state index in [2.05, 4.69) is 15.9 Å². The lowest BCUT2D eigenvalue weighted by atomic mass is 10.1. The van der Waals surface area contributed by atoms with Gasteiger partial charge in [0.1, 0.15) is 12.5 Å². The van der Waals surface area contributed by atoms with E-state index < -0.39 is 18.5 Å². The molecule has 0 saturated carbocycles. The van der Waals surface area contributed by atoms with Crippen LogP contribution in [0.2, 0.25) is 0 Å². The zero-order valence-corrected chi connectivity index (χ0v) is 7.81. The molecule has 0 spiro atoms. The Hall–Kier alpha value is -0.480. The van der Waals surface area contributed by atoms with Crippen molar-refractivity contribution >= 4 is 15.9 Å². The van der Waals surface area contributed by atoms with Crippen LogP contribution in [0.1, 0.15) is 11.6 Å². The minimum Gasteiger partial charge on any atom is -0.322 e. The fourth-order valence-electron chi connectivity index (χ4n) is 0.878. The second-order valence-electron chi connectivity index (χ2n) is 2.46. The Morgan fingerprint density at radius 2 is 2.08 bits per heavy atom. The maximum Gasteiger partial charge on any atom is 0.124 e. The Morgan fingerprint density at radius 3 is 2.58 bits per heavy atom. The third-order valence-corrected chi connectivity index (χ3v) is 1.94.